The summed E-state index contributed by atoms with van der Waals surface area (Å²) in [4.78, 5) is 22.7. The number of nitrogens with zero attached hydrogens (tertiary/aromatic N) is 5. The highest BCUT2D eigenvalue weighted by molar-refractivity contribution is 7.09. The Morgan fingerprint density at radius 3 is 2.92 bits per heavy atom. The number of halogens is 1. The quantitative estimate of drug-likeness (QED) is 0.699. The summed E-state index contributed by atoms with van der Waals surface area (Å²) in [6.45, 7) is 4.33. The minimum atomic E-state index is -0.0598. The molecule has 24 heavy (non-hydrogen) atoms. The van der Waals surface area contributed by atoms with Gasteiger partial charge in [-0.15, -0.1) is 11.3 Å². The Morgan fingerprint density at radius 2 is 2.29 bits per heavy atom. The zero-order valence-electron chi connectivity index (χ0n) is 13.3. The maximum Gasteiger partial charge on any atom is 0.233 e. The van der Waals surface area contributed by atoms with E-state index in [1.54, 1.807) is 28.2 Å². The lowest BCUT2D eigenvalue weighted by Gasteiger charge is -2.18. The van der Waals surface area contributed by atoms with Crippen LogP contribution >= 0.6 is 22.9 Å². The van der Waals surface area contributed by atoms with Crippen LogP contribution in [0.5, 0.6) is 0 Å². The Morgan fingerprint density at radius 1 is 1.46 bits per heavy atom. The number of pyridine rings is 1. The van der Waals surface area contributed by atoms with E-state index in [9.17, 15) is 4.79 Å². The van der Waals surface area contributed by atoms with Crippen molar-refractivity contribution in [3.8, 4) is 5.69 Å². The highest BCUT2D eigenvalue weighted by Crippen LogP contribution is 2.26. The SMILES string of the molecule is CCN(C(=O)Cc1csc(C)n1)c1cn(-c2cccnc2)nc1Cl. The summed E-state index contributed by atoms with van der Waals surface area (Å²) in [6.07, 6.45) is 5.36. The van der Waals surface area contributed by atoms with Crippen LogP contribution in [0.15, 0.2) is 36.1 Å². The number of hydrogen-bond acceptors (Lipinski definition) is 5. The van der Waals surface area contributed by atoms with Gasteiger partial charge in [0.05, 0.1) is 35.2 Å². The average molecular weight is 362 g/mol. The van der Waals surface area contributed by atoms with Gasteiger partial charge in [0.15, 0.2) is 5.15 Å². The third-order valence-electron chi connectivity index (χ3n) is 3.47. The van der Waals surface area contributed by atoms with Gasteiger partial charge in [0.2, 0.25) is 5.91 Å². The van der Waals surface area contributed by atoms with Crippen LogP contribution in [0.2, 0.25) is 5.15 Å². The van der Waals surface area contributed by atoms with E-state index in [4.69, 9.17) is 11.6 Å². The Bertz CT molecular complexity index is 845. The Kier molecular flexibility index (Phi) is 4.92. The van der Waals surface area contributed by atoms with Gasteiger partial charge in [0, 0.05) is 18.1 Å². The lowest BCUT2D eigenvalue weighted by molar-refractivity contribution is -0.118. The van der Waals surface area contributed by atoms with Crippen LogP contribution in [0.4, 0.5) is 5.69 Å². The maximum absolute atomic E-state index is 12.6. The van der Waals surface area contributed by atoms with E-state index in [-0.39, 0.29) is 17.5 Å². The number of anilines is 1. The van der Waals surface area contributed by atoms with Crippen LogP contribution in [-0.4, -0.2) is 32.2 Å². The topological polar surface area (TPSA) is 63.9 Å². The first-order valence-corrected chi connectivity index (χ1v) is 8.71. The Hall–Kier alpha value is -2.25. The van der Waals surface area contributed by atoms with Crippen molar-refractivity contribution in [3.63, 3.8) is 0 Å². The molecule has 1 amide bonds. The molecule has 0 aliphatic carbocycles. The summed E-state index contributed by atoms with van der Waals surface area (Å²) in [5.74, 6) is -0.0598. The molecule has 0 saturated carbocycles. The van der Waals surface area contributed by atoms with Crippen LogP contribution in [0, 0.1) is 6.92 Å². The van der Waals surface area contributed by atoms with Crippen LogP contribution < -0.4 is 4.90 Å². The molecule has 8 heteroatoms. The lowest BCUT2D eigenvalue weighted by atomic mass is 10.3. The summed E-state index contributed by atoms with van der Waals surface area (Å²) < 4.78 is 1.62. The van der Waals surface area contributed by atoms with Crippen LogP contribution in [-0.2, 0) is 11.2 Å². The van der Waals surface area contributed by atoms with E-state index >= 15 is 0 Å². The summed E-state index contributed by atoms with van der Waals surface area (Å²) in [5, 5.41) is 7.41. The molecule has 0 aliphatic rings. The zero-order valence-corrected chi connectivity index (χ0v) is 14.9. The minimum Gasteiger partial charge on any atom is -0.308 e. The van der Waals surface area contributed by atoms with Crippen molar-refractivity contribution in [2.45, 2.75) is 20.3 Å². The Balaban J connectivity index is 1.85. The average Bonchev–Trinajstić information content (AvgIpc) is 3.15. The summed E-state index contributed by atoms with van der Waals surface area (Å²) in [7, 11) is 0. The predicted octanol–water partition coefficient (Wildman–Crippen LogP) is 3.28. The number of amides is 1. The van der Waals surface area contributed by atoms with E-state index in [1.807, 2.05) is 31.4 Å². The molecule has 0 aliphatic heterocycles. The largest absolute Gasteiger partial charge is 0.308 e. The number of carbonyl (C=O) groups is 1. The van der Waals surface area contributed by atoms with Crippen molar-refractivity contribution >= 4 is 34.5 Å². The summed E-state index contributed by atoms with van der Waals surface area (Å²) in [6, 6.07) is 3.69. The van der Waals surface area contributed by atoms with E-state index in [2.05, 4.69) is 15.1 Å². The maximum atomic E-state index is 12.6. The molecular weight excluding hydrogens is 346 g/mol. The first-order chi connectivity index (χ1) is 11.6. The second-order valence-corrected chi connectivity index (χ2v) is 6.55. The van der Waals surface area contributed by atoms with E-state index < -0.39 is 0 Å². The highest BCUT2D eigenvalue weighted by Gasteiger charge is 2.21. The van der Waals surface area contributed by atoms with Crippen molar-refractivity contribution in [1.29, 1.82) is 0 Å². The summed E-state index contributed by atoms with van der Waals surface area (Å²) in [5.41, 5.74) is 2.14. The molecule has 0 aromatic carbocycles. The molecule has 0 unspecified atom stereocenters. The van der Waals surface area contributed by atoms with E-state index in [0.29, 0.717) is 12.2 Å². The number of aryl methyl sites for hydroxylation is 1. The van der Waals surface area contributed by atoms with Gasteiger partial charge in [-0.2, -0.15) is 5.10 Å². The van der Waals surface area contributed by atoms with Gasteiger partial charge in [0.1, 0.15) is 5.69 Å². The number of thiazole rings is 1. The van der Waals surface area contributed by atoms with E-state index in [0.717, 1.165) is 16.4 Å². The normalized spacial score (nSPS) is 10.8. The third-order valence-corrected chi connectivity index (χ3v) is 4.56. The predicted molar refractivity (Wildman–Crippen MR) is 95.0 cm³/mol. The number of rotatable bonds is 5. The number of aromatic nitrogens is 4. The fraction of sp³-hybridized carbons (Fsp3) is 0.250. The number of hydrogen-bond donors (Lipinski definition) is 0. The monoisotopic (exact) mass is 361 g/mol. The van der Waals surface area contributed by atoms with Gasteiger partial charge in [-0.05, 0) is 26.0 Å². The van der Waals surface area contributed by atoms with Gasteiger partial charge in [0.25, 0.3) is 0 Å². The van der Waals surface area contributed by atoms with E-state index in [1.165, 1.54) is 11.3 Å². The van der Waals surface area contributed by atoms with Crippen molar-refractivity contribution in [2.75, 3.05) is 11.4 Å². The molecule has 0 spiro atoms. The molecule has 3 aromatic rings. The van der Waals surface area contributed by atoms with Crippen molar-refractivity contribution < 1.29 is 4.79 Å². The van der Waals surface area contributed by atoms with Crippen LogP contribution in [0.1, 0.15) is 17.6 Å². The second-order valence-electron chi connectivity index (χ2n) is 5.13. The number of likely N-dealkylation sites (N-methyl/N-ethyl adjacent to an activating group) is 1. The fourth-order valence-electron chi connectivity index (χ4n) is 2.37. The smallest absolute Gasteiger partial charge is 0.233 e. The first-order valence-electron chi connectivity index (χ1n) is 7.45. The van der Waals surface area contributed by atoms with Crippen LogP contribution in [0.3, 0.4) is 0 Å². The molecule has 0 bridgehead atoms. The summed E-state index contributed by atoms with van der Waals surface area (Å²) >= 11 is 7.79. The van der Waals surface area contributed by atoms with Crippen molar-refractivity contribution in [3.05, 3.63) is 52.0 Å². The molecule has 3 rings (SSSR count). The molecule has 0 radical (unpaired) electrons. The second kappa shape index (κ2) is 7.11. The van der Waals surface area contributed by atoms with Gasteiger partial charge < -0.3 is 4.90 Å². The molecule has 0 fully saturated rings. The molecule has 3 aromatic heterocycles. The van der Waals surface area contributed by atoms with Crippen LogP contribution in [0.25, 0.3) is 5.69 Å². The van der Waals surface area contributed by atoms with Gasteiger partial charge >= 0.3 is 0 Å². The Labute approximate surface area is 148 Å². The zero-order chi connectivity index (χ0) is 17.1. The fourth-order valence-corrected chi connectivity index (χ4v) is 3.21. The van der Waals surface area contributed by atoms with Crippen molar-refractivity contribution in [2.24, 2.45) is 0 Å². The third kappa shape index (κ3) is 3.47. The molecule has 0 N–H and O–H groups in total. The lowest BCUT2D eigenvalue weighted by Crippen LogP contribution is -2.32. The first kappa shape index (κ1) is 16.6. The molecule has 3 heterocycles. The highest BCUT2D eigenvalue weighted by atomic mass is 35.5. The van der Waals surface area contributed by atoms with Gasteiger partial charge in [-0.3, -0.25) is 9.78 Å². The molecular formula is C16H16ClN5OS. The van der Waals surface area contributed by atoms with Crippen molar-refractivity contribution in [1.82, 2.24) is 19.7 Å². The minimum absolute atomic E-state index is 0.0598. The van der Waals surface area contributed by atoms with Gasteiger partial charge in [-0.25, -0.2) is 9.67 Å². The molecule has 0 atom stereocenters. The molecule has 6 nitrogen and oxygen atoms in total. The molecule has 0 saturated heterocycles. The molecule has 124 valence electrons. The standard InChI is InChI=1S/C16H16ClN5OS/c1-3-21(15(23)7-12-10-24-11(2)19-12)14-9-22(20-16(14)17)13-5-4-6-18-8-13/h4-6,8-10H,3,7H2,1-2H3. The van der Waals surface area contributed by atoms with Gasteiger partial charge in [-0.1, -0.05) is 11.6 Å². The number of carbonyl (C=O) groups excluding carboxylic acids is 1.